The molecule has 1 amide bonds. The number of aromatic nitrogens is 1. The van der Waals surface area contributed by atoms with E-state index in [0.29, 0.717) is 5.69 Å². The zero-order chi connectivity index (χ0) is 14.8. The van der Waals surface area contributed by atoms with Crippen molar-refractivity contribution in [2.45, 2.75) is 19.9 Å². The molecule has 2 aromatic heterocycles. The van der Waals surface area contributed by atoms with Crippen LogP contribution in [0.25, 0.3) is 0 Å². The van der Waals surface area contributed by atoms with Crippen LogP contribution in [0.2, 0.25) is 0 Å². The predicted molar refractivity (Wildman–Crippen MR) is 83.5 cm³/mol. The molecule has 21 heavy (non-hydrogen) atoms. The number of hydrogen-bond acceptors (Lipinski definition) is 4. The second-order valence-electron chi connectivity index (χ2n) is 5.20. The van der Waals surface area contributed by atoms with Crippen molar-refractivity contribution in [3.63, 3.8) is 0 Å². The standard InChI is InChI=1S/C16H18N2O2S/c1-11-4-3-5-13(17-11)16(19)18-8-9-21-10-14(18)15-7-6-12(2)20-15/h3-7,14H,8-10H2,1-2H3. The number of pyridine rings is 1. The van der Waals surface area contributed by atoms with Crippen LogP contribution in [0.3, 0.4) is 0 Å². The van der Waals surface area contributed by atoms with Crippen molar-refractivity contribution in [1.29, 1.82) is 0 Å². The Morgan fingerprint density at radius 2 is 2.19 bits per heavy atom. The van der Waals surface area contributed by atoms with Gasteiger partial charge in [0.15, 0.2) is 0 Å². The average molecular weight is 302 g/mol. The number of carbonyl (C=O) groups is 1. The van der Waals surface area contributed by atoms with Crippen LogP contribution in [0.5, 0.6) is 0 Å². The topological polar surface area (TPSA) is 46.3 Å². The number of hydrogen-bond donors (Lipinski definition) is 0. The Morgan fingerprint density at radius 1 is 1.33 bits per heavy atom. The van der Waals surface area contributed by atoms with Crippen LogP contribution in [-0.2, 0) is 0 Å². The first kappa shape index (κ1) is 14.2. The molecule has 1 unspecified atom stereocenters. The molecule has 0 spiro atoms. The fourth-order valence-corrected chi connectivity index (χ4v) is 3.58. The Morgan fingerprint density at radius 3 is 2.90 bits per heavy atom. The van der Waals surface area contributed by atoms with Crippen molar-refractivity contribution in [3.05, 3.63) is 53.2 Å². The summed E-state index contributed by atoms with van der Waals surface area (Å²) in [4.78, 5) is 19.0. The summed E-state index contributed by atoms with van der Waals surface area (Å²) < 4.78 is 5.74. The van der Waals surface area contributed by atoms with E-state index in [1.54, 1.807) is 6.07 Å². The SMILES string of the molecule is Cc1cccc(C(=O)N2CCSCC2c2ccc(C)o2)n1. The highest BCUT2D eigenvalue weighted by Gasteiger charge is 2.31. The molecule has 1 aliphatic rings. The number of carbonyl (C=O) groups excluding carboxylic acids is 1. The summed E-state index contributed by atoms with van der Waals surface area (Å²) in [6, 6.07) is 9.46. The molecule has 0 bridgehead atoms. The Bertz CT molecular complexity index is 653. The molecule has 0 aliphatic carbocycles. The summed E-state index contributed by atoms with van der Waals surface area (Å²) in [7, 11) is 0. The Balaban J connectivity index is 1.89. The normalized spacial score (nSPS) is 18.8. The van der Waals surface area contributed by atoms with E-state index in [4.69, 9.17) is 4.42 Å². The zero-order valence-corrected chi connectivity index (χ0v) is 13.0. The van der Waals surface area contributed by atoms with Gasteiger partial charge in [-0.05, 0) is 38.1 Å². The molecule has 1 saturated heterocycles. The van der Waals surface area contributed by atoms with Crippen molar-refractivity contribution in [1.82, 2.24) is 9.88 Å². The van der Waals surface area contributed by atoms with E-state index >= 15 is 0 Å². The lowest BCUT2D eigenvalue weighted by molar-refractivity contribution is 0.0675. The second-order valence-corrected chi connectivity index (χ2v) is 6.35. The Labute approximate surface area is 128 Å². The molecule has 1 atom stereocenters. The maximum Gasteiger partial charge on any atom is 0.273 e. The maximum absolute atomic E-state index is 12.8. The van der Waals surface area contributed by atoms with Gasteiger partial charge in [-0.25, -0.2) is 4.98 Å². The maximum atomic E-state index is 12.8. The molecule has 3 heterocycles. The van der Waals surface area contributed by atoms with Crippen LogP contribution in [0, 0.1) is 13.8 Å². The van der Waals surface area contributed by atoms with Crippen LogP contribution in [0.1, 0.15) is 33.7 Å². The highest BCUT2D eigenvalue weighted by Crippen LogP contribution is 2.31. The summed E-state index contributed by atoms with van der Waals surface area (Å²) >= 11 is 1.85. The zero-order valence-electron chi connectivity index (χ0n) is 12.2. The third-order valence-corrected chi connectivity index (χ3v) is 4.61. The third kappa shape index (κ3) is 2.97. The molecule has 0 aromatic carbocycles. The van der Waals surface area contributed by atoms with Crippen LogP contribution >= 0.6 is 11.8 Å². The molecule has 5 heteroatoms. The molecule has 1 fully saturated rings. The van der Waals surface area contributed by atoms with Gasteiger partial charge in [0.05, 0.1) is 6.04 Å². The van der Waals surface area contributed by atoms with Gasteiger partial charge in [-0.15, -0.1) is 0 Å². The molecule has 3 rings (SSSR count). The van der Waals surface area contributed by atoms with Gasteiger partial charge in [-0.1, -0.05) is 6.07 Å². The smallest absolute Gasteiger partial charge is 0.273 e. The lowest BCUT2D eigenvalue weighted by Gasteiger charge is -2.34. The van der Waals surface area contributed by atoms with E-state index in [9.17, 15) is 4.79 Å². The lowest BCUT2D eigenvalue weighted by atomic mass is 10.2. The molecule has 0 N–H and O–H groups in total. The van der Waals surface area contributed by atoms with Gasteiger partial charge in [0.25, 0.3) is 5.91 Å². The van der Waals surface area contributed by atoms with Crippen molar-refractivity contribution < 1.29 is 9.21 Å². The summed E-state index contributed by atoms with van der Waals surface area (Å²) in [5.41, 5.74) is 1.37. The number of furan rings is 1. The third-order valence-electron chi connectivity index (χ3n) is 3.59. The minimum atomic E-state index is -0.0157. The first-order valence-electron chi connectivity index (χ1n) is 7.04. The number of rotatable bonds is 2. The van der Waals surface area contributed by atoms with Crippen LogP contribution in [0.15, 0.2) is 34.7 Å². The minimum Gasteiger partial charge on any atom is -0.464 e. The van der Waals surface area contributed by atoms with Crippen molar-refractivity contribution in [3.8, 4) is 0 Å². The van der Waals surface area contributed by atoms with Crippen molar-refractivity contribution >= 4 is 17.7 Å². The molecular weight excluding hydrogens is 284 g/mol. The number of nitrogens with zero attached hydrogens (tertiary/aromatic N) is 2. The van der Waals surface area contributed by atoms with E-state index in [1.165, 1.54) is 0 Å². The minimum absolute atomic E-state index is 0.00716. The van der Waals surface area contributed by atoms with Gasteiger partial charge in [0, 0.05) is 23.7 Å². The van der Waals surface area contributed by atoms with Gasteiger partial charge in [0.2, 0.25) is 0 Å². The largest absolute Gasteiger partial charge is 0.464 e. The monoisotopic (exact) mass is 302 g/mol. The first-order valence-corrected chi connectivity index (χ1v) is 8.19. The van der Waals surface area contributed by atoms with Gasteiger partial charge in [-0.2, -0.15) is 11.8 Å². The summed E-state index contributed by atoms with van der Waals surface area (Å²) in [6.07, 6.45) is 0. The van der Waals surface area contributed by atoms with Gasteiger partial charge < -0.3 is 9.32 Å². The average Bonchev–Trinajstić information content (AvgIpc) is 2.93. The molecular formula is C16H18N2O2S. The number of thioether (sulfide) groups is 1. The highest BCUT2D eigenvalue weighted by atomic mass is 32.2. The fourth-order valence-electron chi connectivity index (χ4n) is 2.52. The van der Waals surface area contributed by atoms with Gasteiger partial charge >= 0.3 is 0 Å². The number of aryl methyl sites for hydroxylation is 2. The lowest BCUT2D eigenvalue weighted by Crippen LogP contribution is -2.41. The molecule has 0 saturated carbocycles. The van der Waals surface area contributed by atoms with Crippen molar-refractivity contribution in [2.75, 3.05) is 18.1 Å². The molecule has 4 nitrogen and oxygen atoms in total. The van der Waals surface area contributed by atoms with Crippen LogP contribution in [-0.4, -0.2) is 33.8 Å². The van der Waals surface area contributed by atoms with E-state index in [0.717, 1.165) is 35.3 Å². The van der Waals surface area contributed by atoms with E-state index < -0.39 is 0 Å². The molecule has 1 aliphatic heterocycles. The molecule has 0 radical (unpaired) electrons. The predicted octanol–water partition coefficient (Wildman–Crippen LogP) is 3.22. The van der Waals surface area contributed by atoms with E-state index in [1.807, 2.05) is 54.8 Å². The summed E-state index contributed by atoms with van der Waals surface area (Å²) in [5, 5.41) is 0. The molecule has 110 valence electrons. The Kier molecular flexibility index (Phi) is 4.01. The number of amides is 1. The summed E-state index contributed by atoms with van der Waals surface area (Å²) in [5.74, 6) is 3.54. The van der Waals surface area contributed by atoms with Gasteiger partial charge in [0.1, 0.15) is 17.2 Å². The van der Waals surface area contributed by atoms with Crippen molar-refractivity contribution in [2.24, 2.45) is 0 Å². The van der Waals surface area contributed by atoms with Crippen LogP contribution < -0.4 is 0 Å². The molecule has 2 aromatic rings. The van der Waals surface area contributed by atoms with Crippen LogP contribution in [0.4, 0.5) is 0 Å². The van der Waals surface area contributed by atoms with E-state index in [2.05, 4.69) is 4.98 Å². The quantitative estimate of drug-likeness (QED) is 0.854. The summed E-state index contributed by atoms with van der Waals surface area (Å²) in [6.45, 7) is 4.55. The first-order chi connectivity index (χ1) is 10.1. The highest BCUT2D eigenvalue weighted by molar-refractivity contribution is 7.99. The van der Waals surface area contributed by atoms with E-state index in [-0.39, 0.29) is 11.9 Å². The second kappa shape index (κ2) is 5.93. The van der Waals surface area contributed by atoms with Gasteiger partial charge in [-0.3, -0.25) is 4.79 Å². The Hall–Kier alpha value is -1.75. The fraction of sp³-hybridized carbons (Fsp3) is 0.375.